The summed E-state index contributed by atoms with van der Waals surface area (Å²) in [4.78, 5) is 11.7. The summed E-state index contributed by atoms with van der Waals surface area (Å²) < 4.78 is 5.09. The fourth-order valence-electron chi connectivity index (χ4n) is 1.74. The predicted molar refractivity (Wildman–Crippen MR) is 88.4 cm³/mol. The molecule has 21 heavy (non-hydrogen) atoms. The molecule has 0 fully saturated rings. The fourth-order valence-corrected chi connectivity index (χ4v) is 2.81. The van der Waals surface area contributed by atoms with Gasteiger partial charge in [-0.25, -0.2) is 0 Å². The smallest absolute Gasteiger partial charge is 0.220 e. The molecular weight excluding hydrogens is 310 g/mol. The van der Waals surface area contributed by atoms with E-state index in [9.17, 15) is 4.79 Å². The van der Waals surface area contributed by atoms with Crippen LogP contribution in [-0.4, -0.2) is 42.8 Å². The van der Waals surface area contributed by atoms with E-state index in [2.05, 4.69) is 5.32 Å². The summed E-state index contributed by atoms with van der Waals surface area (Å²) in [5.41, 5.74) is 1.02. The molecule has 1 aromatic carbocycles. The highest BCUT2D eigenvalue weighted by molar-refractivity contribution is 7.99. The van der Waals surface area contributed by atoms with Crippen molar-refractivity contribution in [3.05, 3.63) is 28.8 Å². The molecule has 0 saturated heterocycles. The van der Waals surface area contributed by atoms with E-state index in [1.165, 1.54) is 0 Å². The average Bonchev–Trinajstić information content (AvgIpc) is 2.49. The molecule has 0 aliphatic heterocycles. The first kappa shape index (κ1) is 18.1. The fraction of sp³-hybridized carbons (Fsp3) is 0.533. The monoisotopic (exact) mass is 331 g/mol. The van der Waals surface area contributed by atoms with Gasteiger partial charge in [-0.1, -0.05) is 17.7 Å². The zero-order valence-electron chi connectivity index (χ0n) is 12.2. The highest BCUT2D eigenvalue weighted by Gasteiger charge is 2.05. The molecule has 0 aliphatic rings. The Labute approximate surface area is 135 Å². The van der Waals surface area contributed by atoms with Crippen molar-refractivity contribution in [2.45, 2.75) is 19.3 Å². The molecule has 0 saturated carbocycles. The van der Waals surface area contributed by atoms with Crippen LogP contribution < -0.4 is 10.1 Å². The maximum Gasteiger partial charge on any atom is 0.220 e. The lowest BCUT2D eigenvalue weighted by Gasteiger charge is -2.07. The molecule has 0 heterocycles. The van der Waals surface area contributed by atoms with Crippen LogP contribution >= 0.6 is 23.4 Å². The van der Waals surface area contributed by atoms with E-state index >= 15 is 0 Å². The minimum atomic E-state index is 0.0460. The van der Waals surface area contributed by atoms with E-state index in [0.717, 1.165) is 23.5 Å². The van der Waals surface area contributed by atoms with Crippen LogP contribution in [0.15, 0.2) is 18.2 Å². The van der Waals surface area contributed by atoms with Gasteiger partial charge in [0.05, 0.1) is 12.1 Å². The third-order valence-electron chi connectivity index (χ3n) is 2.87. The number of aryl methyl sites for hydroxylation is 1. The summed E-state index contributed by atoms with van der Waals surface area (Å²) in [6, 6.07) is 5.56. The van der Waals surface area contributed by atoms with E-state index in [0.29, 0.717) is 30.2 Å². The van der Waals surface area contributed by atoms with E-state index in [1.807, 2.05) is 18.2 Å². The Morgan fingerprint density at radius 3 is 2.90 bits per heavy atom. The van der Waals surface area contributed by atoms with Crippen molar-refractivity contribution < 1.29 is 14.6 Å². The van der Waals surface area contributed by atoms with Gasteiger partial charge in [0.1, 0.15) is 5.75 Å². The molecule has 0 unspecified atom stereocenters. The predicted octanol–water partition coefficient (Wildman–Crippen LogP) is 2.51. The number of benzene rings is 1. The van der Waals surface area contributed by atoms with Crippen molar-refractivity contribution in [1.29, 1.82) is 0 Å². The van der Waals surface area contributed by atoms with Crippen molar-refractivity contribution in [1.82, 2.24) is 5.32 Å². The molecule has 0 atom stereocenters. The number of methoxy groups -OCH3 is 1. The Morgan fingerprint density at radius 2 is 2.24 bits per heavy atom. The first-order chi connectivity index (χ1) is 10.2. The minimum Gasteiger partial charge on any atom is -0.495 e. The summed E-state index contributed by atoms with van der Waals surface area (Å²) in [5.74, 6) is 2.49. The number of rotatable bonds is 10. The molecule has 0 aliphatic carbocycles. The molecule has 2 N–H and O–H groups in total. The van der Waals surface area contributed by atoms with Crippen LogP contribution in [0.3, 0.4) is 0 Å². The molecular formula is C15H22ClNO3S. The Balaban J connectivity index is 2.19. The first-order valence-electron chi connectivity index (χ1n) is 6.95. The molecule has 118 valence electrons. The zero-order valence-corrected chi connectivity index (χ0v) is 13.8. The standard InChI is InChI=1S/C15H22ClNO3S/c1-20-14-5-3-12(11-13(14)16)4-6-15(19)17-7-10-21-9-2-8-18/h3,5,11,18H,2,4,6-10H2,1H3,(H,17,19). The molecule has 1 amide bonds. The van der Waals surface area contributed by atoms with Gasteiger partial charge < -0.3 is 15.2 Å². The number of carbonyl (C=O) groups excluding carboxylic acids is 1. The summed E-state index contributed by atoms with van der Waals surface area (Å²) in [7, 11) is 1.58. The first-order valence-corrected chi connectivity index (χ1v) is 8.48. The second-order valence-corrected chi connectivity index (χ2v) is 6.14. The quantitative estimate of drug-likeness (QED) is 0.647. The number of halogens is 1. The number of nitrogens with one attached hydrogen (secondary N) is 1. The summed E-state index contributed by atoms with van der Waals surface area (Å²) in [6.45, 7) is 0.891. The van der Waals surface area contributed by atoms with Crippen LogP contribution in [0, 0.1) is 0 Å². The van der Waals surface area contributed by atoms with Crippen LogP contribution in [0.4, 0.5) is 0 Å². The van der Waals surface area contributed by atoms with Gasteiger partial charge in [0.2, 0.25) is 5.91 Å². The lowest BCUT2D eigenvalue weighted by Crippen LogP contribution is -2.26. The van der Waals surface area contributed by atoms with Gasteiger partial charge in [0.25, 0.3) is 0 Å². The van der Waals surface area contributed by atoms with Crippen molar-refractivity contribution >= 4 is 29.3 Å². The average molecular weight is 332 g/mol. The molecule has 1 aromatic rings. The van der Waals surface area contributed by atoms with Crippen molar-refractivity contribution in [3.8, 4) is 5.75 Å². The minimum absolute atomic E-state index is 0.0460. The maximum absolute atomic E-state index is 11.7. The molecule has 0 radical (unpaired) electrons. The van der Waals surface area contributed by atoms with Crippen LogP contribution in [0.1, 0.15) is 18.4 Å². The number of carbonyl (C=O) groups is 1. The van der Waals surface area contributed by atoms with Crippen LogP contribution in [0.2, 0.25) is 5.02 Å². The molecule has 4 nitrogen and oxygen atoms in total. The second-order valence-electron chi connectivity index (χ2n) is 4.51. The van der Waals surface area contributed by atoms with Crippen molar-refractivity contribution in [2.75, 3.05) is 31.8 Å². The van der Waals surface area contributed by atoms with E-state index in [-0.39, 0.29) is 12.5 Å². The number of amides is 1. The Morgan fingerprint density at radius 1 is 1.43 bits per heavy atom. The topological polar surface area (TPSA) is 58.6 Å². The molecule has 0 spiro atoms. The van der Waals surface area contributed by atoms with Crippen LogP contribution in [-0.2, 0) is 11.2 Å². The lowest BCUT2D eigenvalue weighted by atomic mass is 10.1. The Hall–Kier alpha value is -0.910. The second kappa shape index (κ2) is 10.8. The highest BCUT2D eigenvalue weighted by atomic mass is 35.5. The largest absolute Gasteiger partial charge is 0.495 e. The maximum atomic E-state index is 11.7. The molecule has 6 heteroatoms. The van der Waals surface area contributed by atoms with Gasteiger partial charge in [-0.2, -0.15) is 11.8 Å². The normalized spacial score (nSPS) is 10.4. The van der Waals surface area contributed by atoms with E-state index < -0.39 is 0 Å². The summed E-state index contributed by atoms with van der Waals surface area (Å²) in [6.07, 6.45) is 1.91. The van der Waals surface area contributed by atoms with Gasteiger partial charge in [-0.15, -0.1) is 0 Å². The summed E-state index contributed by atoms with van der Waals surface area (Å²) in [5, 5.41) is 12.1. The van der Waals surface area contributed by atoms with Gasteiger partial charge >= 0.3 is 0 Å². The van der Waals surface area contributed by atoms with E-state index in [1.54, 1.807) is 18.9 Å². The van der Waals surface area contributed by atoms with E-state index in [4.69, 9.17) is 21.4 Å². The van der Waals surface area contributed by atoms with Gasteiger partial charge in [0.15, 0.2) is 0 Å². The number of ether oxygens (including phenoxy) is 1. The third-order valence-corrected chi connectivity index (χ3v) is 4.24. The number of thioether (sulfide) groups is 1. The molecule has 0 bridgehead atoms. The SMILES string of the molecule is COc1ccc(CCC(=O)NCCSCCCO)cc1Cl. The lowest BCUT2D eigenvalue weighted by molar-refractivity contribution is -0.120. The number of aliphatic hydroxyl groups excluding tert-OH is 1. The molecule has 1 rings (SSSR count). The number of hydrogen-bond donors (Lipinski definition) is 2. The number of aliphatic hydroxyl groups is 1. The van der Waals surface area contributed by atoms with Crippen molar-refractivity contribution in [2.24, 2.45) is 0 Å². The Kier molecular flexibility index (Phi) is 9.30. The third kappa shape index (κ3) is 7.60. The highest BCUT2D eigenvalue weighted by Crippen LogP contribution is 2.25. The van der Waals surface area contributed by atoms with Crippen LogP contribution in [0.5, 0.6) is 5.75 Å². The van der Waals surface area contributed by atoms with Gasteiger partial charge in [-0.3, -0.25) is 4.79 Å². The number of hydrogen-bond acceptors (Lipinski definition) is 4. The molecule has 0 aromatic heterocycles. The van der Waals surface area contributed by atoms with Crippen molar-refractivity contribution in [3.63, 3.8) is 0 Å². The Bertz CT molecular complexity index is 443. The van der Waals surface area contributed by atoms with Gasteiger partial charge in [-0.05, 0) is 36.3 Å². The summed E-state index contributed by atoms with van der Waals surface area (Å²) >= 11 is 7.78. The zero-order chi connectivity index (χ0) is 15.5. The van der Waals surface area contributed by atoms with Gasteiger partial charge in [0, 0.05) is 25.3 Å². The van der Waals surface area contributed by atoms with Crippen LogP contribution in [0.25, 0.3) is 0 Å².